The van der Waals surface area contributed by atoms with Gasteiger partial charge in [-0.3, -0.25) is 0 Å². The zero-order valence-electron chi connectivity index (χ0n) is 12.6. The molecule has 1 aromatic carbocycles. The molecule has 2 aromatic rings. The van der Waals surface area contributed by atoms with Crippen molar-refractivity contribution < 1.29 is 5.11 Å². The van der Waals surface area contributed by atoms with Gasteiger partial charge in [0.05, 0.1) is 0 Å². The fourth-order valence-corrected chi connectivity index (χ4v) is 2.45. The van der Waals surface area contributed by atoms with E-state index in [9.17, 15) is 0 Å². The van der Waals surface area contributed by atoms with Crippen molar-refractivity contribution in [3.05, 3.63) is 36.0 Å². The first-order valence-electron chi connectivity index (χ1n) is 7.60. The summed E-state index contributed by atoms with van der Waals surface area (Å²) in [6, 6.07) is 8.87. The monoisotopic (exact) mass is 274 g/mol. The second kappa shape index (κ2) is 7.46. The lowest BCUT2D eigenvalue weighted by atomic mass is 10.1. The highest BCUT2D eigenvalue weighted by Gasteiger charge is 2.02. The minimum absolute atomic E-state index is 0.283. The van der Waals surface area contributed by atoms with Crippen LogP contribution < -0.4 is 5.32 Å². The van der Waals surface area contributed by atoms with Crippen LogP contribution in [0, 0.1) is 5.92 Å². The maximum absolute atomic E-state index is 8.85. The molecule has 3 heteroatoms. The topological polar surface area (TPSA) is 37.2 Å². The Kier molecular flexibility index (Phi) is 5.62. The van der Waals surface area contributed by atoms with E-state index >= 15 is 0 Å². The first-order chi connectivity index (χ1) is 9.70. The molecule has 0 saturated heterocycles. The van der Waals surface area contributed by atoms with Crippen LogP contribution in [0.4, 0.5) is 0 Å². The largest absolute Gasteiger partial charge is 0.396 e. The van der Waals surface area contributed by atoms with E-state index < -0.39 is 0 Å². The molecule has 0 spiro atoms. The fourth-order valence-electron chi connectivity index (χ4n) is 2.45. The van der Waals surface area contributed by atoms with Gasteiger partial charge in [0.2, 0.25) is 0 Å². The Morgan fingerprint density at radius 1 is 1.20 bits per heavy atom. The predicted octanol–water partition coefficient (Wildman–Crippen LogP) is 3.16. The maximum Gasteiger partial charge on any atom is 0.0480 e. The van der Waals surface area contributed by atoms with E-state index in [4.69, 9.17) is 5.11 Å². The van der Waals surface area contributed by atoms with Gasteiger partial charge < -0.3 is 15.0 Å². The summed E-state index contributed by atoms with van der Waals surface area (Å²) in [6.07, 6.45) is 4.04. The third-order valence-corrected chi connectivity index (χ3v) is 3.52. The van der Waals surface area contributed by atoms with Gasteiger partial charge in [0, 0.05) is 31.4 Å². The molecule has 0 atom stereocenters. The first-order valence-corrected chi connectivity index (χ1v) is 7.60. The molecule has 0 bridgehead atoms. The highest BCUT2D eigenvalue weighted by Crippen LogP contribution is 2.18. The van der Waals surface area contributed by atoms with Crippen LogP contribution in [0.15, 0.2) is 30.5 Å². The number of nitrogens with one attached hydrogen (secondary N) is 1. The van der Waals surface area contributed by atoms with Gasteiger partial charge in [-0.1, -0.05) is 19.9 Å². The summed E-state index contributed by atoms with van der Waals surface area (Å²) >= 11 is 0. The first kappa shape index (κ1) is 15.1. The highest BCUT2D eigenvalue weighted by atomic mass is 16.2. The van der Waals surface area contributed by atoms with Gasteiger partial charge in [0.25, 0.3) is 0 Å². The van der Waals surface area contributed by atoms with Crippen molar-refractivity contribution in [3.8, 4) is 0 Å². The average molecular weight is 274 g/mol. The number of hydrogen-bond acceptors (Lipinski definition) is 2. The third kappa shape index (κ3) is 4.09. The molecule has 0 saturated carbocycles. The van der Waals surface area contributed by atoms with Crippen LogP contribution in [-0.4, -0.2) is 22.8 Å². The van der Waals surface area contributed by atoms with Crippen molar-refractivity contribution in [2.75, 3.05) is 13.2 Å². The summed E-state index contributed by atoms with van der Waals surface area (Å²) < 4.78 is 2.27. The van der Waals surface area contributed by atoms with Crippen LogP contribution in [0.2, 0.25) is 0 Å². The molecule has 2 rings (SSSR count). The Morgan fingerprint density at radius 2 is 2.05 bits per heavy atom. The lowest BCUT2D eigenvalue weighted by molar-refractivity contribution is 0.281. The SMILES string of the molecule is CC(C)CNCc1ccc2c(ccn2CCCCO)c1. The fraction of sp³-hybridized carbons (Fsp3) is 0.529. The van der Waals surface area contributed by atoms with Crippen LogP contribution in [-0.2, 0) is 13.1 Å². The van der Waals surface area contributed by atoms with E-state index in [-0.39, 0.29) is 6.61 Å². The standard InChI is InChI=1S/C17H26N2O/c1-14(2)12-18-13-15-5-6-17-16(11-15)7-9-19(17)8-3-4-10-20/h5-7,9,11,14,18,20H,3-4,8,10,12-13H2,1-2H3. The maximum atomic E-state index is 8.85. The summed E-state index contributed by atoms with van der Waals surface area (Å²) in [7, 11) is 0. The lowest BCUT2D eigenvalue weighted by Gasteiger charge is -2.08. The minimum Gasteiger partial charge on any atom is -0.396 e. The van der Waals surface area contributed by atoms with Crippen LogP contribution in [0.1, 0.15) is 32.3 Å². The summed E-state index contributed by atoms with van der Waals surface area (Å²) in [5.41, 5.74) is 2.63. The molecule has 2 N–H and O–H groups in total. The molecule has 110 valence electrons. The Balaban J connectivity index is 2.00. The van der Waals surface area contributed by atoms with Crippen molar-refractivity contribution >= 4 is 10.9 Å². The van der Waals surface area contributed by atoms with Gasteiger partial charge in [-0.15, -0.1) is 0 Å². The van der Waals surface area contributed by atoms with Gasteiger partial charge in [-0.2, -0.15) is 0 Å². The molecule has 0 aliphatic heterocycles. The molecule has 0 unspecified atom stereocenters. The molecular weight excluding hydrogens is 248 g/mol. The Bertz CT molecular complexity index is 531. The van der Waals surface area contributed by atoms with E-state index in [0.717, 1.165) is 32.5 Å². The lowest BCUT2D eigenvalue weighted by Crippen LogP contribution is -2.18. The van der Waals surface area contributed by atoms with E-state index in [2.05, 4.69) is 54.2 Å². The molecule has 0 amide bonds. The number of fused-ring (bicyclic) bond motifs is 1. The smallest absolute Gasteiger partial charge is 0.0480 e. The van der Waals surface area contributed by atoms with Crippen molar-refractivity contribution in [2.45, 2.75) is 39.8 Å². The predicted molar refractivity (Wildman–Crippen MR) is 84.8 cm³/mol. The molecular formula is C17H26N2O. The second-order valence-corrected chi connectivity index (χ2v) is 5.86. The number of aliphatic hydroxyl groups is 1. The Labute approximate surface area is 121 Å². The molecule has 0 radical (unpaired) electrons. The van der Waals surface area contributed by atoms with Crippen LogP contribution in [0.25, 0.3) is 10.9 Å². The van der Waals surface area contributed by atoms with Gasteiger partial charge >= 0.3 is 0 Å². The van der Waals surface area contributed by atoms with Gasteiger partial charge in [-0.25, -0.2) is 0 Å². The zero-order valence-corrected chi connectivity index (χ0v) is 12.6. The number of aliphatic hydroxyl groups excluding tert-OH is 1. The summed E-state index contributed by atoms with van der Waals surface area (Å²) in [6.45, 7) is 7.70. The Morgan fingerprint density at radius 3 is 2.80 bits per heavy atom. The van der Waals surface area contributed by atoms with Crippen molar-refractivity contribution in [3.63, 3.8) is 0 Å². The highest BCUT2D eigenvalue weighted by molar-refractivity contribution is 5.80. The number of unbranched alkanes of at least 4 members (excludes halogenated alkanes) is 1. The van der Waals surface area contributed by atoms with Gasteiger partial charge in [0.15, 0.2) is 0 Å². The van der Waals surface area contributed by atoms with Crippen LogP contribution in [0.3, 0.4) is 0 Å². The summed E-state index contributed by atoms with van der Waals surface area (Å²) in [5.74, 6) is 0.686. The number of aryl methyl sites for hydroxylation is 1. The number of aromatic nitrogens is 1. The summed E-state index contributed by atoms with van der Waals surface area (Å²) in [5, 5.41) is 13.6. The van der Waals surface area contributed by atoms with E-state index in [1.807, 2.05) is 0 Å². The zero-order chi connectivity index (χ0) is 14.4. The third-order valence-electron chi connectivity index (χ3n) is 3.52. The van der Waals surface area contributed by atoms with Gasteiger partial charge in [0.1, 0.15) is 0 Å². The minimum atomic E-state index is 0.283. The van der Waals surface area contributed by atoms with E-state index in [1.165, 1.54) is 16.5 Å². The summed E-state index contributed by atoms with van der Waals surface area (Å²) in [4.78, 5) is 0. The van der Waals surface area contributed by atoms with E-state index in [0.29, 0.717) is 5.92 Å². The van der Waals surface area contributed by atoms with E-state index in [1.54, 1.807) is 0 Å². The quantitative estimate of drug-likeness (QED) is 0.726. The second-order valence-electron chi connectivity index (χ2n) is 5.86. The molecule has 1 aromatic heterocycles. The Hall–Kier alpha value is -1.32. The van der Waals surface area contributed by atoms with Crippen molar-refractivity contribution in [2.24, 2.45) is 5.92 Å². The number of benzene rings is 1. The average Bonchev–Trinajstić information content (AvgIpc) is 2.81. The van der Waals surface area contributed by atoms with Crippen molar-refractivity contribution in [1.29, 1.82) is 0 Å². The van der Waals surface area contributed by atoms with Crippen LogP contribution >= 0.6 is 0 Å². The number of nitrogens with zero attached hydrogens (tertiary/aromatic N) is 1. The van der Waals surface area contributed by atoms with Gasteiger partial charge in [-0.05, 0) is 54.5 Å². The van der Waals surface area contributed by atoms with Crippen molar-refractivity contribution in [1.82, 2.24) is 9.88 Å². The molecule has 0 aliphatic carbocycles. The molecule has 3 nitrogen and oxygen atoms in total. The number of hydrogen-bond donors (Lipinski definition) is 2. The molecule has 0 aliphatic rings. The molecule has 1 heterocycles. The molecule has 0 fully saturated rings. The normalized spacial score (nSPS) is 11.6. The number of rotatable bonds is 8. The van der Waals surface area contributed by atoms with Crippen LogP contribution in [0.5, 0.6) is 0 Å². The molecule has 20 heavy (non-hydrogen) atoms.